The zero-order valence-corrected chi connectivity index (χ0v) is 15.1. The van der Waals surface area contributed by atoms with Crippen molar-refractivity contribution in [3.63, 3.8) is 0 Å². The molecule has 1 aromatic heterocycles. The van der Waals surface area contributed by atoms with E-state index in [4.69, 9.17) is 11.6 Å². The van der Waals surface area contributed by atoms with Crippen molar-refractivity contribution in [2.45, 2.75) is 31.3 Å². The molecule has 2 heterocycles. The standard InChI is InChI=1S/C17H21ClN4O.ClH/c1-13(14-3-5-15(18)6-4-14)21-16(23)17(7-10-19-11-8-17)22-12-2-9-20-22;/h2-6,9,12-13,19H,7-8,10-11H2,1H3,(H,21,23);1H. The molecule has 0 bridgehead atoms. The van der Waals surface area contributed by atoms with Crippen molar-refractivity contribution in [3.05, 3.63) is 53.3 Å². The molecule has 2 N–H and O–H groups in total. The van der Waals surface area contributed by atoms with Gasteiger partial charge in [-0.05, 0) is 56.6 Å². The van der Waals surface area contributed by atoms with Gasteiger partial charge in [-0.15, -0.1) is 12.4 Å². The van der Waals surface area contributed by atoms with E-state index in [0.29, 0.717) is 5.02 Å². The number of halogens is 2. The second-order valence-corrected chi connectivity index (χ2v) is 6.42. The molecule has 0 radical (unpaired) electrons. The highest BCUT2D eigenvalue weighted by molar-refractivity contribution is 6.30. The van der Waals surface area contributed by atoms with Gasteiger partial charge in [0.1, 0.15) is 5.54 Å². The van der Waals surface area contributed by atoms with Crippen molar-refractivity contribution in [1.29, 1.82) is 0 Å². The Morgan fingerprint density at radius 2 is 2.00 bits per heavy atom. The van der Waals surface area contributed by atoms with Gasteiger partial charge < -0.3 is 10.6 Å². The zero-order valence-electron chi connectivity index (χ0n) is 13.5. The number of carbonyl (C=O) groups excluding carboxylic acids is 1. The fraction of sp³-hybridized carbons (Fsp3) is 0.412. The molecule has 24 heavy (non-hydrogen) atoms. The van der Waals surface area contributed by atoms with Crippen LogP contribution in [0, 0.1) is 0 Å². The van der Waals surface area contributed by atoms with Gasteiger partial charge >= 0.3 is 0 Å². The maximum atomic E-state index is 13.0. The predicted octanol–water partition coefficient (Wildman–Crippen LogP) is 2.91. The van der Waals surface area contributed by atoms with E-state index in [1.165, 1.54) is 0 Å². The molecule has 1 aliphatic heterocycles. The molecule has 2 aromatic rings. The first kappa shape index (κ1) is 18.8. The Morgan fingerprint density at radius 1 is 1.33 bits per heavy atom. The van der Waals surface area contributed by atoms with Crippen molar-refractivity contribution in [3.8, 4) is 0 Å². The highest BCUT2D eigenvalue weighted by Gasteiger charge is 2.42. The van der Waals surface area contributed by atoms with E-state index in [1.807, 2.05) is 43.5 Å². The minimum absolute atomic E-state index is 0. The second-order valence-electron chi connectivity index (χ2n) is 5.98. The Balaban J connectivity index is 0.00000208. The molecule has 130 valence electrons. The molecular formula is C17H22Cl2N4O. The summed E-state index contributed by atoms with van der Waals surface area (Å²) < 4.78 is 1.80. The fourth-order valence-electron chi connectivity index (χ4n) is 3.09. The molecule has 0 spiro atoms. The molecule has 1 fully saturated rings. The minimum atomic E-state index is -0.616. The van der Waals surface area contributed by atoms with Gasteiger partial charge in [-0.25, -0.2) is 0 Å². The first-order valence-electron chi connectivity index (χ1n) is 7.89. The van der Waals surface area contributed by atoms with Crippen LogP contribution in [0.2, 0.25) is 5.02 Å². The highest BCUT2D eigenvalue weighted by atomic mass is 35.5. The summed E-state index contributed by atoms with van der Waals surface area (Å²) in [7, 11) is 0. The minimum Gasteiger partial charge on any atom is -0.347 e. The molecular weight excluding hydrogens is 347 g/mol. The van der Waals surface area contributed by atoms with Crippen LogP contribution in [0.5, 0.6) is 0 Å². The van der Waals surface area contributed by atoms with Gasteiger partial charge in [-0.2, -0.15) is 5.10 Å². The van der Waals surface area contributed by atoms with Gasteiger partial charge in [-0.3, -0.25) is 9.48 Å². The van der Waals surface area contributed by atoms with E-state index >= 15 is 0 Å². The molecule has 1 aromatic carbocycles. The molecule has 1 saturated heterocycles. The van der Waals surface area contributed by atoms with Crippen LogP contribution in [0.1, 0.15) is 31.4 Å². The number of piperidine rings is 1. The van der Waals surface area contributed by atoms with Crippen LogP contribution < -0.4 is 10.6 Å². The summed E-state index contributed by atoms with van der Waals surface area (Å²) in [6.45, 7) is 3.60. The molecule has 1 amide bonds. The number of benzene rings is 1. The lowest BCUT2D eigenvalue weighted by Gasteiger charge is -2.37. The summed E-state index contributed by atoms with van der Waals surface area (Å²) in [4.78, 5) is 13.0. The number of nitrogens with zero attached hydrogens (tertiary/aromatic N) is 2. The quantitative estimate of drug-likeness (QED) is 0.871. The van der Waals surface area contributed by atoms with Crippen molar-refractivity contribution in [2.24, 2.45) is 0 Å². The predicted molar refractivity (Wildman–Crippen MR) is 97.6 cm³/mol. The van der Waals surface area contributed by atoms with E-state index < -0.39 is 5.54 Å². The van der Waals surface area contributed by atoms with Crippen molar-refractivity contribution in [1.82, 2.24) is 20.4 Å². The summed E-state index contributed by atoms with van der Waals surface area (Å²) in [5.41, 5.74) is 0.419. The SMILES string of the molecule is CC(NC(=O)C1(n2cccn2)CCNCC1)c1ccc(Cl)cc1.Cl. The molecule has 1 unspecified atom stereocenters. The summed E-state index contributed by atoms with van der Waals surface area (Å²) in [5.74, 6) is 0.0187. The van der Waals surface area contributed by atoms with Crippen molar-refractivity contribution < 1.29 is 4.79 Å². The Labute approximate surface area is 153 Å². The average molecular weight is 369 g/mol. The lowest BCUT2D eigenvalue weighted by molar-refractivity contribution is -0.132. The number of nitrogens with one attached hydrogen (secondary N) is 2. The van der Waals surface area contributed by atoms with Gasteiger partial charge in [-0.1, -0.05) is 23.7 Å². The van der Waals surface area contributed by atoms with Crippen LogP contribution >= 0.6 is 24.0 Å². The second kappa shape index (κ2) is 8.01. The lowest BCUT2D eigenvalue weighted by atomic mass is 9.87. The Morgan fingerprint density at radius 3 is 2.58 bits per heavy atom. The Bertz CT molecular complexity index is 652. The third-order valence-electron chi connectivity index (χ3n) is 4.51. The van der Waals surface area contributed by atoms with Crippen LogP contribution in [0.4, 0.5) is 0 Å². The number of amides is 1. The monoisotopic (exact) mass is 368 g/mol. The smallest absolute Gasteiger partial charge is 0.248 e. The maximum Gasteiger partial charge on any atom is 0.248 e. The van der Waals surface area contributed by atoms with E-state index in [-0.39, 0.29) is 24.4 Å². The summed E-state index contributed by atoms with van der Waals surface area (Å²) in [6.07, 6.45) is 5.05. The fourth-order valence-corrected chi connectivity index (χ4v) is 3.21. The van der Waals surface area contributed by atoms with Crippen LogP contribution in [0.15, 0.2) is 42.7 Å². The van der Waals surface area contributed by atoms with E-state index in [1.54, 1.807) is 10.9 Å². The van der Waals surface area contributed by atoms with Crippen molar-refractivity contribution >= 4 is 29.9 Å². The number of carbonyl (C=O) groups is 1. The van der Waals surface area contributed by atoms with Crippen LogP contribution in [0.25, 0.3) is 0 Å². The van der Waals surface area contributed by atoms with E-state index in [2.05, 4.69) is 15.7 Å². The summed E-state index contributed by atoms with van der Waals surface area (Å²) in [5, 5.41) is 11.5. The molecule has 7 heteroatoms. The lowest BCUT2D eigenvalue weighted by Crippen LogP contribution is -2.55. The highest BCUT2D eigenvalue weighted by Crippen LogP contribution is 2.28. The van der Waals surface area contributed by atoms with Gasteiger partial charge in [0, 0.05) is 17.4 Å². The van der Waals surface area contributed by atoms with E-state index in [9.17, 15) is 4.79 Å². The van der Waals surface area contributed by atoms with Crippen LogP contribution in [-0.2, 0) is 10.3 Å². The third-order valence-corrected chi connectivity index (χ3v) is 4.77. The normalized spacial score (nSPS) is 17.6. The van der Waals surface area contributed by atoms with Gasteiger partial charge in [0.25, 0.3) is 0 Å². The Hall–Kier alpha value is -1.56. The summed E-state index contributed by atoms with van der Waals surface area (Å²) in [6, 6.07) is 9.34. The molecule has 3 rings (SSSR count). The topological polar surface area (TPSA) is 59.0 Å². The van der Waals surface area contributed by atoms with Crippen LogP contribution in [0.3, 0.4) is 0 Å². The first-order chi connectivity index (χ1) is 11.1. The third kappa shape index (κ3) is 3.74. The van der Waals surface area contributed by atoms with E-state index in [0.717, 1.165) is 31.5 Å². The van der Waals surface area contributed by atoms with Gasteiger partial charge in [0.2, 0.25) is 5.91 Å². The Kier molecular flexibility index (Phi) is 6.27. The largest absolute Gasteiger partial charge is 0.347 e. The average Bonchev–Trinajstić information content (AvgIpc) is 3.11. The number of hydrogen-bond donors (Lipinski definition) is 2. The number of aromatic nitrogens is 2. The summed E-state index contributed by atoms with van der Waals surface area (Å²) >= 11 is 5.93. The molecule has 0 aliphatic carbocycles. The number of hydrogen-bond acceptors (Lipinski definition) is 3. The molecule has 0 saturated carbocycles. The zero-order chi connectivity index (χ0) is 16.3. The molecule has 1 aliphatic rings. The molecule has 1 atom stereocenters. The molecule has 5 nitrogen and oxygen atoms in total. The van der Waals surface area contributed by atoms with Gasteiger partial charge in [0.15, 0.2) is 0 Å². The number of rotatable bonds is 4. The van der Waals surface area contributed by atoms with Gasteiger partial charge in [0.05, 0.1) is 6.04 Å². The maximum absolute atomic E-state index is 13.0. The first-order valence-corrected chi connectivity index (χ1v) is 8.27. The van der Waals surface area contributed by atoms with Crippen LogP contribution in [-0.4, -0.2) is 28.8 Å². The van der Waals surface area contributed by atoms with Crippen molar-refractivity contribution in [2.75, 3.05) is 13.1 Å².